The van der Waals surface area contributed by atoms with E-state index in [2.05, 4.69) is 31.1 Å². The van der Waals surface area contributed by atoms with Gasteiger partial charge in [-0.05, 0) is 46.3 Å². The fourth-order valence-electron chi connectivity index (χ4n) is 2.68. The zero-order valence-corrected chi connectivity index (χ0v) is 18.0. The van der Waals surface area contributed by atoms with E-state index >= 15 is 0 Å². The summed E-state index contributed by atoms with van der Waals surface area (Å²) in [5.74, 6) is -0.868. The van der Waals surface area contributed by atoms with Gasteiger partial charge in [-0.2, -0.15) is 5.26 Å². The van der Waals surface area contributed by atoms with Gasteiger partial charge in [0.1, 0.15) is 12.1 Å². The van der Waals surface area contributed by atoms with Crippen molar-refractivity contribution in [3.05, 3.63) is 57.0 Å². The fourth-order valence-corrected chi connectivity index (χ4v) is 4.25. The number of nitriles is 1. The summed E-state index contributed by atoms with van der Waals surface area (Å²) in [6, 6.07) is 7.53. The van der Waals surface area contributed by atoms with Crippen LogP contribution in [-0.4, -0.2) is 30.2 Å². The van der Waals surface area contributed by atoms with Crippen LogP contribution in [0, 0.1) is 11.3 Å². The van der Waals surface area contributed by atoms with Crippen molar-refractivity contribution in [2.75, 3.05) is 11.2 Å². The smallest absolute Gasteiger partial charge is 0.406 e. The Labute approximate surface area is 181 Å². The highest BCUT2D eigenvalue weighted by molar-refractivity contribution is 9.10. The second-order valence-corrected chi connectivity index (χ2v) is 9.21. The van der Waals surface area contributed by atoms with Crippen LogP contribution in [0.3, 0.4) is 0 Å². The number of nitrogens with one attached hydrogen (secondary N) is 1. The van der Waals surface area contributed by atoms with E-state index in [4.69, 9.17) is 5.26 Å². The van der Waals surface area contributed by atoms with Crippen molar-refractivity contribution in [1.82, 2.24) is 9.66 Å². The summed E-state index contributed by atoms with van der Waals surface area (Å²) in [6.45, 7) is 1.43. The lowest BCUT2D eigenvalue weighted by molar-refractivity contribution is -0.274. The molecule has 0 bridgehead atoms. The first-order valence-corrected chi connectivity index (χ1v) is 10.9. The Hall–Kier alpha value is -3.11. The van der Waals surface area contributed by atoms with Crippen molar-refractivity contribution in [3.8, 4) is 11.8 Å². The van der Waals surface area contributed by atoms with E-state index in [1.807, 2.05) is 6.07 Å². The minimum absolute atomic E-state index is 0.0640. The second-order valence-electron chi connectivity index (χ2n) is 6.11. The molecule has 0 saturated carbocycles. The number of halogens is 4. The standard InChI is InChI=1S/C18H12BrF3N4O4S/c1-2-31(28,29)15-4-3-10(8-23)5-14(15)25-26-9-24-16-12(17(26)27)6-11(7-13(16)19)30-18(20,21)22/h3-7,9,25H,2H2,1H3. The van der Waals surface area contributed by atoms with Crippen LogP contribution < -0.4 is 15.7 Å². The van der Waals surface area contributed by atoms with Gasteiger partial charge in [0.25, 0.3) is 5.56 Å². The molecule has 0 spiro atoms. The molecule has 3 rings (SSSR count). The van der Waals surface area contributed by atoms with Gasteiger partial charge < -0.3 is 4.74 Å². The maximum atomic E-state index is 12.9. The molecule has 0 saturated heterocycles. The van der Waals surface area contributed by atoms with E-state index in [0.717, 1.165) is 23.1 Å². The number of alkyl halides is 3. The SMILES string of the molecule is CCS(=O)(=O)c1ccc(C#N)cc1Nn1cnc2c(Br)cc(OC(F)(F)F)cc2c1=O. The molecule has 0 radical (unpaired) electrons. The summed E-state index contributed by atoms with van der Waals surface area (Å²) in [5, 5.41) is 8.89. The minimum Gasteiger partial charge on any atom is -0.406 e. The summed E-state index contributed by atoms with van der Waals surface area (Å²) in [4.78, 5) is 16.8. The van der Waals surface area contributed by atoms with Crippen molar-refractivity contribution < 1.29 is 26.3 Å². The van der Waals surface area contributed by atoms with Gasteiger partial charge in [0.15, 0.2) is 9.84 Å². The highest BCUT2D eigenvalue weighted by Gasteiger charge is 2.31. The molecule has 0 aliphatic carbocycles. The maximum absolute atomic E-state index is 12.9. The molecule has 0 aliphatic rings. The van der Waals surface area contributed by atoms with Crippen molar-refractivity contribution in [3.63, 3.8) is 0 Å². The lowest BCUT2D eigenvalue weighted by atomic mass is 10.2. The van der Waals surface area contributed by atoms with Gasteiger partial charge >= 0.3 is 6.36 Å². The maximum Gasteiger partial charge on any atom is 0.573 e. The van der Waals surface area contributed by atoms with Crippen molar-refractivity contribution in [2.24, 2.45) is 0 Å². The minimum atomic E-state index is -4.96. The molecule has 1 aromatic heterocycles. The zero-order valence-electron chi connectivity index (χ0n) is 15.6. The molecule has 8 nitrogen and oxygen atoms in total. The predicted octanol–water partition coefficient (Wildman–Crippen LogP) is 3.60. The Morgan fingerprint density at radius 1 is 1.29 bits per heavy atom. The van der Waals surface area contributed by atoms with Crippen LogP contribution in [0.2, 0.25) is 0 Å². The molecule has 1 heterocycles. The number of hydrogen-bond donors (Lipinski definition) is 1. The Bertz CT molecular complexity index is 1380. The number of aromatic nitrogens is 2. The average molecular weight is 517 g/mol. The lowest BCUT2D eigenvalue weighted by Crippen LogP contribution is -2.27. The fraction of sp³-hybridized carbons (Fsp3) is 0.167. The van der Waals surface area contributed by atoms with Crippen LogP contribution >= 0.6 is 15.9 Å². The van der Waals surface area contributed by atoms with Crippen LogP contribution in [-0.2, 0) is 9.84 Å². The molecule has 0 fully saturated rings. The number of ether oxygens (including phenoxy) is 1. The third kappa shape index (κ3) is 4.80. The van der Waals surface area contributed by atoms with E-state index in [0.29, 0.717) is 0 Å². The average Bonchev–Trinajstić information content (AvgIpc) is 2.69. The first-order valence-electron chi connectivity index (χ1n) is 8.46. The molecule has 13 heteroatoms. The number of rotatable bonds is 5. The highest BCUT2D eigenvalue weighted by Crippen LogP contribution is 2.30. The normalized spacial score (nSPS) is 11.9. The number of benzene rings is 2. The third-order valence-electron chi connectivity index (χ3n) is 4.09. The van der Waals surface area contributed by atoms with Gasteiger partial charge in [0, 0.05) is 4.47 Å². The van der Waals surface area contributed by atoms with Gasteiger partial charge in [-0.15, -0.1) is 13.2 Å². The van der Waals surface area contributed by atoms with Gasteiger partial charge in [-0.25, -0.2) is 18.1 Å². The largest absolute Gasteiger partial charge is 0.573 e. The Balaban J connectivity index is 2.16. The molecule has 1 N–H and O–H groups in total. The quantitative estimate of drug-likeness (QED) is 0.550. The zero-order chi connectivity index (χ0) is 23.0. The Morgan fingerprint density at radius 2 is 2.00 bits per heavy atom. The molecular weight excluding hydrogens is 505 g/mol. The van der Waals surface area contributed by atoms with E-state index < -0.39 is 27.5 Å². The van der Waals surface area contributed by atoms with Crippen molar-refractivity contribution in [1.29, 1.82) is 5.26 Å². The number of fused-ring (bicyclic) bond motifs is 1. The Kier molecular flexibility index (Phi) is 5.97. The van der Waals surface area contributed by atoms with Crippen LogP contribution in [0.4, 0.5) is 18.9 Å². The number of hydrogen-bond acceptors (Lipinski definition) is 7. The molecule has 0 aliphatic heterocycles. The van der Waals surface area contributed by atoms with Crippen molar-refractivity contribution >= 4 is 42.4 Å². The summed E-state index contributed by atoms with van der Waals surface area (Å²) < 4.78 is 67.2. The van der Waals surface area contributed by atoms with Crippen molar-refractivity contribution in [2.45, 2.75) is 18.2 Å². The molecular formula is C18H12BrF3N4O4S. The summed E-state index contributed by atoms with van der Waals surface area (Å²) in [7, 11) is -3.72. The molecule has 2 aromatic carbocycles. The molecule has 0 amide bonds. The number of sulfone groups is 1. The van der Waals surface area contributed by atoms with Gasteiger partial charge in [-0.1, -0.05) is 6.92 Å². The summed E-state index contributed by atoms with van der Waals surface area (Å²) >= 11 is 3.05. The van der Waals surface area contributed by atoms with Crippen LogP contribution in [0.1, 0.15) is 12.5 Å². The first kappa shape index (κ1) is 22.6. The molecule has 0 unspecified atom stereocenters. The van der Waals surface area contributed by atoms with Crippen LogP contribution in [0.25, 0.3) is 10.9 Å². The van der Waals surface area contributed by atoms with Gasteiger partial charge in [0.05, 0.1) is 38.9 Å². The van der Waals surface area contributed by atoms with E-state index in [1.165, 1.54) is 25.1 Å². The third-order valence-corrected chi connectivity index (χ3v) is 6.48. The number of nitrogens with zero attached hydrogens (tertiary/aromatic N) is 3. The van der Waals surface area contributed by atoms with E-state index in [-0.39, 0.29) is 37.3 Å². The van der Waals surface area contributed by atoms with Crippen LogP contribution in [0.5, 0.6) is 5.75 Å². The topological polar surface area (TPSA) is 114 Å². The summed E-state index contributed by atoms with van der Waals surface area (Å²) in [5.41, 5.74) is 1.89. The van der Waals surface area contributed by atoms with Gasteiger partial charge in [-0.3, -0.25) is 10.2 Å². The molecule has 0 atom stereocenters. The van der Waals surface area contributed by atoms with Gasteiger partial charge in [0.2, 0.25) is 0 Å². The lowest BCUT2D eigenvalue weighted by Gasteiger charge is -2.15. The monoisotopic (exact) mass is 516 g/mol. The second kappa shape index (κ2) is 8.20. The molecule has 162 valence electrons. The first-order chi connectivity index (χ1) is 14.4. The summed E-state index contributed by atoms with van der Waals surface area (Å²) in [6.07, 6.45) is -3.92. The van der Waals surface area contributed by atoms with Crippen LogP contribution in [0.15, 0.2) is 50.8 Å². The number of anilines is 1. The highest BCUT2D eigenvalue weighted by atomic mass is 79.9. The van der Waals surface area contributed by atoms with E-state index in [9.17, 15) is 26.4 Å². The van der Waals surface area contributed by atoms with E-state index in [1.54, 1.807) is 0 Å². The molecule has 3 aromatic rings. The Morgan fingerprint density at radius 3 is 2.61 bits per heavy atom. The predicted molar refractivity (Wildman–Crippen MR) is 108 cm³/mol. The molecule has 31 heavy (non-hydrogen) atoms.